The van der Waals surface area contributed by atoms with Gasteiger partial charge >= 0.3 is 0 Å². The average molecular weight is 325 g/mol. The van der Waals surface area contributed by atoms with E-state index in [2.05, 4.69) is 0 Å². The second kappa shape index (κ2) is 4.25. The van der Waals surface area contributed by atoms with Gasteiger partial charge in [-0.15, -0.1) is 0 Å². The first-order valence-corrected chi connectivity index (χ1v) is 7.79. The predicted octanol–water partition coefficient (Wildman–Crippen LogP) is 4.03. The van der Waals surface area contributed by atoms with Crippen molar-refractivity contribution < 1.29 is 14.6 Å². The number of carbonyl (C=O) groups is 1. The van der Waals surface area contributed by atoms with Crippen LogP contribution in [0.25, 0.3) is 5.57 Å². The van der Waals surface area contributed by atoms with Crippen LogP contribution in [0.15, 0.2) is 24.0 Å². The molecule has 3 aliphatic rings. The van der Waals surface area contributed by atoms with Gasteiger partial charge in [-0.2, -0.15) is 0 Å². The second-order valence-corrected chi connectivity index (χ2v) is 7.06. The van der Waals surface area contributed by atoms with Crippen molar-refractivity contribution in [2.45, 2.75) is 32.0 Å². The first-order valence-electron chi connectivity index (χ1n) is 7.03. The number of aliphatic hydroxyl groups excluding tert-OH is 1. The fourth-order valence-corrected chi connectivity index (χ4v) is 4.55. The van der Waals surface area contributed by atoms with Gasteiger partial charge in [-0.1, -0.05) is 23.2 Å². The molecule has 2 aliphatic heterocycles. The molecule has 21 heavy (non-hydrogen) atoms. The van der Waals surface area contributed by atoms with Crippen molar-refractivity contribution in [3.05, 3.63) is 39.6 Å². The summed E-state index contributed by atoms with van der Waals surface area (Å²) < 4.78 is 5.85. The Kier molecular flexibility index (Phi) is 2.76. The predicted molar refractivity (Wildman–Crippen MR) is 80.5 cm³/mol. The van der Waals surface area contributed by atoms with Crippen LogP contribution < -0.4 is 0 Å². The van der Waals surface area contributed by atoms with Crippen LogP contribution in [-0.2, 0) is 9.53 Å². The molecule has 1 aromatic carbocycles. The number of fused-ring (bicyclic) bond motifs is 5. The minimum Gasteiger partial charge on any atom is -0.511 e. The van der Waals surface area contributed by atoms with Crippen LogP contribution in [0.2, 0.25) is 10.0 Å². The molecule has 3 nitrogen and oxygen atoms in total. The van der Waals surface area contributed by atoms with E-state index in [0.29, 0.717) is 21.2 Å². The molecule has 0 radical (unpaired) electrons. The van der Waals surface area contributed by atoms with Crippen LogP contribution in [0.5, 0.6) is 0 Å². The molecular formula is C16H14Cl2O3. The van der Waals surface area contributed by atoms with E-state index in [1.807, 2.05) is 6.92 Å². The van der Waals surface area contributed by atoms with Crippen molar-refractivity contribution >= 4 is 34.6 Å². The van der Waals surface area contributed by atoms with Crippen LogP contribution >= 0.6 is 23.2 Å². The van der Waals surface area contributed by atoms with E-state index in [1.54, 1.807) is 18.2 Å². The maximum absolute atomic E-state index is 12.9. The molecule has 0 unspecified atom stereocenters. The second-order valence-electron chi connectivity index (χ2n) is 6.21. The Bertz CT molecular complexity index is 697. The van der Waals surface area contributed by atoms with Gasteiger partial charge in [0.25, 0.3) is 0 Å². The normalized spacial score (nSPS) is 37.5. The summed E-state index contributed by atoms with van der Waals surface area (Å²) in [5.41, 5.74) is 0.206. The SMILES string of the molecule is C[C@@]12C(O)=C(c3cc(Cl)ccc3Cl)C(=O)[C@@H]1[C@H]1CC[C@@H]2O1. The van der Waals surface area contributed by atoms with Gasteiger partial charge in [0.05, 0.1) is 29.1 Å². The molecule has 1 N–H and O–H groups in total. The van der Waals surface area contributed by atoms with E-state index in [-0.39, 0.29) is 29.7 Å². The Balaban J connectivity index is 1.92. The monoisotopic (exact) mass is 324 g/mol. The maximum atomic E-state index is 12.9. The zero-order chi connectivity index (χ0) is 14.9. The van der Waals surface area contributed by atoms with Gasteiger partial charge in [0.2, 0.25) is 0 Å². The Morgan fingerprint density at radius 1 is 1.33 bits per heavy atom. The van der Waals surface area contributed by atoms with E-state index in [0.717, 1.165) is 12.8 Å². The maximum Gasteiger partial charge on any atom is 0.173 e. The number of ketones is 1. The number of ether oxygens (including phenoxy) is 1. The molecule has 110 valence electrons. The van der Waals surface area contributed by atoms with Crippen LogP contribution in [0.4, 0.5) is 0 Å². The number of hydrogen-bond donors (Lipinski definition) is 1. The number of halogens is 2. The van der Waals surface area contributed by atoms with Gasteiger partial charge in [-0.05, 0) is 38.0 Å². The van der Waals surface area contributed by atoms with Gasteiger partial charge in [-0.3, -0.25) is 4.79 Å². The van der Waals surface area contributed by atoms with Crippen molar-refractivity contribution in [1.29, 1.82) is 0 Å². The van der Waals surface area contributed by atoms with Crippen molar-refractivity contribution in [1.82, 2.24) is 0 Å². The van der Waals surface area contributed by atoms with E-state index in [1.165, 1.54) is 0 Å². The zero-order valence-corrected chi connectivity index (χ0v) is 12.9. The molecule has 0 saturated carbocycles. The molecule has 2 fully saturated rings. The summed E-state index contributed by atoms with van der Waals surface area (Å²) in [6.45, 7) is 1.92. The molecular weight excluding hydrogens is 311 g/mol. The molecule has 5 heteroatoms. The minimum atomic E-state index is -0.624. The fourth-order valence-electron chi connectivity index (χ4n) is 4.17. The highest BCUT2D eigenvalue weighted by Crippen LogP contribution is 2.61. The Morgan fingerprint density at radius 2 is 2.10 bits per heavy atom. The fraction of sp³-hybridized carbons (Fsp3) is 0.438. The Morgan fingerprint density at radius 3 is 2.81 bits per heavy atom. The van der Waals surface area contributed by atoms with Crippen LogP contribution in [0.1, 0.15) is 25.3 Å². The molecule has 2 heterocycles. The number of rotatable bonds is 1. The summed E-state index contributed by atoms with van der Waals surface area (Å²) in [6.07, 6.45) is 1.57. The minimum absolute atomic E-state index is 0.0774. The lowest BCUT2D eigenvalue weighted by molar-refractivity contribution is -0.119. The van der Waals surface area contributed by atoms with Crippen molar-refractivity contribution in [2.75, 3.05) is 0 Å². The lowest BCUT2D eigenvalue weighted by Gasteiger charge is -2.31. The topological polar surface area (TPSA) is 46.5 Å². The molecule has 0 amide bonds. The van der Waals surface area contributed by atoms with Gasteiger partial charge in [0, 0.05) is 15.6 Å². The molecule has 1 aromatic rings. The third-order valence-electron chi connectivity index (χ3n) is 5.21. The lowest BCUT2D eigenvalue weighted by atomic mass is 9.68. The van der Waals surface area contributed by atoms with Gasteiger partial charge in [0.15, 0.2) is 5.78 Å². The Labute approximate surface area is 132 Å². The molecule has 2 bridgehead atoms. The summed E-state index contributed by atoms with van der Waals surface area (Å²) in [5, 5.41) is 11.7. The highest BCUT2D eigenvalue weighted by molar-refractivity contribution is 6.37. The smallest absolute Gasteiger partial charge is 0.173 e. The largest absolute Gasteiger partial charge is 0.511 e. The third-order valence-corrected chi connectivity index (χ3v) is 5.78. The number of benzene rings is 1. The molecule has 0 aromatic heterocycles. The van der Waals surface area contributed by atoms with E-state index in [4.69, 9.17) is 27.9 Å². The number of carbonyl (C=O) groups excluding carboxylic acids is 1. The molecule has 1 aliphatic carbocycles. The summed E-state index contributed by atoms with van der Waals surface area (Å²) in [4.78, 5) is 12.9. The molecule has 0 spiro atoms. The lowest BCUT2D eigenvalue weighted by Crippen LogP contribution is -2.38. The average Bonchev–Trinajstić information content (AvgIpc) is 3.06. The van der Waals surface area contributed by atoms with Crippen LogP contribution in [0, 0.1) is 11.3 Å². The highest BCUT2D eigenvalue weighted by Gasteiger charge is 2.66. The number of hydrogen-bond acceptors (Lipinski definition) is 3. The zero-order valence-electron chi connectivity index (χ0n) is 11.4. The van der Waals surface area contributed by atoms with E-state index < -0.39 is 5.41 Å². The quantitative estimate of drug-likeness (QED) is 0.848. The van der Waals surface area contributed by atoms with Crippen molar-refractivity contribution in [3.63, 3.8) is 0 Å². The summed E-state index contributed by atoms with van der Waals surface area (Å²) in [7, 11) is 0. The first kappa shape index (κ1) is 13.6. The van der Waals surface area contributed by atoms with Gasteiger partial charge in [0.1, 0.15) is 5.76 Å². The van der Waals surface area contributed by atoms with Crippen molar-refractivity contribution in [3.8, 4) is 0 Å². The molecule has 4 atom stereocenters. The number of aliphatic hydroxyl groups is 1. The number of Topliss-reactive ketones (excluding diaryl/α,β-unsaturated/α-hetero) is 1. The highest BCUT2D eigenvalue weighted by atomic mass is 35.5. The standard InChI is InChI=1S/C16H14Cl2O3/c1-16-11-5-4-10(21-11)13(16)14(19)12(15(16)20)8-6-7(17)2-3-9(8)18/h2-3,6,10-11,13,20H,4-5H2,1H3/t10-,11+,13+,16+/m1/s1. The Hall–Kier alpha value is -1.03. The van der Waals surface area contributed by atoms with Gasteiger partial charge < -0.3 is 9.84 Å². The molecule has 2 saturated heterocycles. The van der Waals surface area contributed by atoms with Crippen molar-refractivity contribution in [2.24, 2.45) is 11.3 Å². The first-order chi connectivity index (χ1) is 9.94. The van der Waals surface area contributed by atoms with Crippen LogP contribution in [-0.4, -0.2) is 23.1 Å². The summed E-state index contributed by atoms with van der Waals surface area (Å²) >= 11 is 12.2. The van der Waals surface area contributed by atoms with Gasteiger partial charge in [-0.25, -0.2) is 0 Å². The number of allylic oxidation sites excluding steroid dienone is 1. The van der Waals surface area contributed by atoms with E-state index >= 15 is 0 Å². The third kappa shape index (κ3) is 1.57. The van der Waals surface area contributed by atoms with E-state index in [9.17, 15) is 9.90 Å². The molecule has 4 rings (SSSR count). The summed E-state index contributed by atoms with van der Waals surface area (Å²) in [6, 6.07) is 4.95. The van der Waals surface area contributed by atoms with Crippen LogP contribution in [0.3, 0.4) is 0 Å². The summed E-state index contributed by atoms with van der Waals surface area (Å²) in [5.74, 6) is -0.276.